The second kappa shape index (κ2) is 8.55. The van der Waals surface area contributed by atoms with Crippen LogP contribution >= 0.6 is 0 Å². The third-order valence-corrected chi connectivity index (χ3v) is 3.75. The van der Waals surface area contributed by atoms with Crippen molar-refractivity contribution >= 4 is 29.2 Å². The Morgan fingerprint density at radius 1 is 1.07 bits per heavy atom. The van der Waals surface area contributed by atoms with Crippen molar-refractivity contribution in [3.63, 3.8) is 0 Å². The van der Waals surface area contributed by atoms with E-state index in [-0.39, 0.29) is 11.3 Å². The van der Waals surface area contributed by atoms with Crippen LogP contribution in [0.1, 0.15) is 22.8 Å². The SMILES string of the molecule is COC(=O)c1cccc(NC(=O)CN(C(C)=O)c2ccccc2C(F)(F)F)c1. The molecule has 0 aliphatic rings. The fourth-order valence-corrected chi connectivity index (χ4v) is 2.50. The lowest BCUT2D eigenvalue weighted by atomic mass is 10.1. The van der Waals surface area contributed by atoms with Gasteiger partial charge in [-0.2, -0.15) is 13.2 Å². The average Bonchev–Trinajstić information content (AvgIpc) is 2.64. The largest absolute Gasteiger partial charge is 0.465 e. The maximum Gasteiger partial charge on any atom is 0.418 e. The van der Waals surface area contributed by atoms with Gasteiger partial charge in [-0.1, -0.05) is 18.2 Å². The van der Waals surface area contributed by atoms with Crippen LogP contribution in [0.3, 0.4) is 0 Å². The van der Waals surface area contributed by atoms with E-state index in [1.54, 1.807) is 0 Å². The standard InChI is InChI=1S/C19H17F3N2O4/c1-12(25)24(16-9-4-3-8-15(16)19(20,21)22)11-17(26)23-14-7-5-6-13(10-14)18(27)28-2/h3-10H,11H2,1-2H3,(H,23,26). The molecule has 0 spiro atoms. The number of hydrogen-bond acceptors (Lipinski definition) is 4. The molecular formula is C19H17F3N2O4. The summed E-state index contributed by atoms with van der Waals surface area (Å²) in [6.07, 6.45) is -4.68. The van der Waals surface area contributed by atoms with E-state index < -0.39 is 41.8 Å². The highest BCUT2D eigenvalue weighted by Crippen LogP contribution is 2.36. The van der Waals surface area contributed by atoms with Gasteiger partial charge in [0.1, 0.15) is 6.54 Å². The molecule has 0 aliphatic carbocycles. The Kier molecular flexibility index (Phi) is 6.40. The number of nitrogens with one attached hydrogen (secondary N) is 1. The number of benzene rings is 2. The average molecular weight is 394 g/mol. The van der Waals surface area contributed by atoms with Crippen molar-refractivity contribution in [1.29, 1.82) is 0 Å². The highest BCUT2D eigenvalue weighted by atomic mass is 19.4. The molecule has 2 aromatic rings. The molecule has 0 saturated carbocycles. The summed E-state index contributed by atoms with van der Waals surface area (Å²) in [6.45, 7) is 0.434. The molecule has 0 heterocycles. The quantitative estimate of drug-likeness (QED) is 0.788. The van der Waals surface area contributed by atoms with Crippen LogP contribution in [0.2, 0.25) is 0 Å². The number of ether oxygens (including phenoxy) is 1. The van der Waals surface area contributed by atoms with E-state index in [1.165, 1.54) is 43.5 Å². The molecule has 148 valence electrons. The molecule has 2 aromatic carbocycles. The van der Waals surface area contributed by atoms with E-state index in [4.69, 9.17) is 0 Å². The molecule has 0 bridgehead atoms. The van der Waals surface area contributed by atoms with Gasteiger partial charge in [0.2, 0.25) is 11.8 Å². The number of carbonyl (C=O) groups is 3. The normalized spacial score (nSPS) is 10.9. The van der Waals surface area contributed by atoms with Crippen molar-refractivity contribution in [2.75, 3.05) is 23.9 Å². The van der Waals surface area contributed by atoms with Crippen LogP contribution in [-0.4, -0.2) is 31.4 Å². The molecule has 0 aliphatic heterocycles. The minimum absolute atomic E-state index is 0.186. The molecular weight excluding hydrogens is 377 g/mol. The van der Waals surface area contributed by atoms with Crippen molar-refractivity contribution in [1.82, 2.24) is 0 Å². The lowest BCUT2D eigenvalue weighted by Crippen LogP contribution is -2.37. The molecule has 0 saturated heterocycles. The number of alkyl halides is 3. The Hall–Kier alpha value is -3.36. The zero-order chi connectivity index (χ0) is 20.9. The van der Waals surface area contributed by atoms with E-state index >= 15 is 0 Å². The van der Waals surface area contributed by atoms with Crippen LogP contribution in [0.5, 0.6) is 0 Å². The maximum absolute atomic E-state index is 13.2. The summed E-state index contributed by atoms with van der Waals surface area (Å²) in [5.41, 5.74) is -1.02. The van der Waals surface area contributed by atoms with Gasteiger partial charge < -0.3 is 15.0 Å². The van der Waals surface area contributed by atoms with Gasteiger partial charge in [0.25, 0.3) is 0 Å². The third kappa shape index (κ3) is 5.09. The van der Waals surface area contributed by atoms with E-state index in [1.807, 2.05) is 0 Å². The van der Waals surface area contributed by atoms with Gasteiger partial charge in [-0.05, 0) is 30.3 Å². The topological polar surface area (TPSA) is 75.7 Å². The first-order valence-corrected chi connectivity index (χ1v) is 8.06. The summed E-state index contributed by atoms with van der Waals surface area (Å²) in [5, 5.41) is 2.45. The van der Waals surface area contributed by atoms with Crippen LogP contribution in [0.25, 0.3) is 0 Å². The second-order valence-corrected chi connectivity index (χ2v) is 5.74. The van der Waals surface area contributed by atoms with Gasteiger partial charge in [-0.25, -0.2) is 4.79 Å². The third-order valence-electron chi connectivity index (χ3n) is 3.75. The Labute approximate surface area is 158 Å². The highest BCUT2D eigenvalue weighted by molar-refractivity contribution is 6.02. The number of carbonyl (C=O) groups excluding carboxylic acids is 3. The number of nitrogens with zero attached hydrogens (tertiary/aromatic N) is 1. The van der Waals surface area contributed by atoms with E-state index in [2.05, 4.69) is 10.1 Å². The lowest BCUT2D eigenvalue weighted by molar-refractivity contribution is -0.137. The summed E-state index contributed by atoms with van der Waals surface area (Å²) < 4.78 is 44.3. The highest BCUT2D eigenvalue weighted by Gasteiger charge is 2.35. The van der Waals surface area contributed by atoms with Crippen molar-refractivity contribution < 1.29 is 32.3 Å². The summed E-state index contributed by atoms with van der Waals surface area (Å²) in [6, 6.07) is 10.3. The fourth-order valence-electron chi connectivity index (χ4n) is 2.50. The molecule has 28 heavy (non-hydrogen) atoms. The Morgan fingerprint density at radius 2 is 1.75 bits per heavy atom. The fraction of sp³-hybridized carbons (Fsp3) is 0.211. The maximum atomic E-state index is 13.2. The molecule has 6 nitrogen and oxygen atoms in total. The number of esters is 1. The Morgan fingerprint density at radius 3 is 2.36 bits per heavy atom. The number of anilines is 2. The zero-order valence-electron chi connectivity index (χ0n) is 15.0. The monoisotopic (exact) mass is 394 g/mol. The second-order valence-electron chi connectivity index (χ2n) is 5.74. The predicted molar refractivity (Wildman–Crippen MR) is 95.9 cm³/mol. The number of hydrogen-bond donors (Lipinski definition) is 1. The number of halogens is 3. The molecule has 2 rings (SSSR count). The molecule has 0 atom stereocenters. The van der Waals surface area contributed by atoms with Crippen molar-refractivity contribution in [2.24, 2.45) is 0 Å². The van der Waals surface area contributed by atoms with Crippen molar-refractivity contribution in [3.05, 3.63) is 59.7 Å². The van der Waals surface area contributed by atoms with E-state index in [0.717, 1.165) is 24.0 Å². The summed E-state index contributed by atoms with van der Waals surface area (Å²) in [4.78, 5) is 36.5. The number of amides is 2. The van der Waals surface area contributed by atoms with Gasteiger partial charge in [-0.15, -0.1) is 0 Å². The molecule has 0 fully saturated rings. The number of rotatable bonds is 5. The van der Waals surface area contributed by atoms with Crippen LogP contribution in [0.4, 0.5) is 24.5 Å². The number of para-hydroxylation sites is 1. The minimum atomic E-state index is -4.68. The summed E-state index contributed by atoms with van der Waals surface area (Å²) in [7, 11) is 1.20. The van der Waals surface area contributed by atoms with Crippen molar-refractivity contribution in [2.45, 2.75) is 13.1 Å². The smallest absolute Gasteiger partial charge is 0.418 e. The molecule has 0 radical (unpaired) electrons. The zero-order valence-corrected chi connectivity index (χ0v) is 15.0. The Balaban J connectivity index is 2.24. The van der Waals surface area contributed by atoms with Crippen LogP contribution in [-0.2, 0) is 20.5 Å². The van der Waals surface area contributed by atoms with Gasteiger partial charge in [-0.3, -0.25) is 9.59 Å². The molecule has 2 amide bonds. The molecule has 0 unspecified atom stereocenters. The van der Waals surface area contributed by atoms with Gasteiger partial charge in [0.15, 0.2) is 0 Å². The number of methoxy groups -OCH3 is 1. The van der Waals surface area contributed by atoms with E-state index in [9.17, 15) is 27.6 Å². The van der Waals surface area contributed by atoms with Gasteiger partial charge in [0.05, 0.1) is 23.9 Å². The first kappa shape index (κ1) is 20.9. The predicted octanol–water partition coefficient (Wildman–Crippen LogP) is 3.48. The van der Waals surface area contributed by atoms with E-state index in [0.29, 0.717) is 0 Å². The first-order valence-electron chi connectivity index (χ1n) is 8.06. The van der Waals surface area contributed by atoms with Crippen LogP contribution < -0.4 is 10.2 Å². The van der Waals surface area contributed by atoms with Crippen molar-refractivity contribution in [3.8, 4) is 0 Å². The molecule has 9 heteroatoms. The van der Waals surface area contributed by atoms with Crippen LogP contribution in [0, 0.1) is 0 Å². The van der Waals surface area contributed by atoms with Crippen LogP contribution in [0.15, 0.2) is 48.5 Å². The summed E-state index contributed by atoms with van der Waals surface area (Å²) >= 11 is 0. The Bertz CT molecular complexity index is 897. The first-order chi connectivity index (χ1) is 13.1. The summed E-state index contributed by atoms with van der Waals surface area (Å²) in [5.74, 6) is -2.06. The molecule has 0 aromatic heterocycles. The molecule has 1 N–H and O–H groups in total. The van der Waals surface area contributed by atoms with Gasteiger partial charge >= 0.3 is 12.1 Å². The minimum Gasteiger partial charge on any atom is -0.465 e. The van der Waals surface area contributed by atoms with Gasteiger partial charge in [0, 0.05) is 12.6 Å². The lowest BCUT2D eigenvalue weighted by Gasteiger charge is -2.24.